The first-order valence-corrected chi connectivity index (χ1v) is 10.8. The van der Waals surface area contributed by atoms with Crippen molar-refractivity contribution in [1.29, 1.82) is 0 Å². The van der Waals surface area contributed by atoms with Gasteiger partial charge in [-0.25, -0.2) is 0 Å². The van der Waals surface area contributed by atoms with Crippen LogP contribution in [-0.2, 0) is 0 Å². The van der Waals surface area contributed by atoms with Crippen LogP contribution in [0.3, 0.4) is 0 Å². The van der Waals surface area contributed by atoms with Gasteiger partial charge < -0.3 is 0 Å². The fourth-order valence-electron chi connectivity index (χ4n) is 3.72. The van der Waals surface area contributed by atoms with Crippen molar-refractivity contribution in [2.24, 2.45) is 0 Å². The molecule has 0 amide bonds. The number of hydrogen-bond donors (Lipinski definition) is 0. The van der Waals surface area contributed by atoms with Crippen LogP contribution in [0.15, 0.2) is 55.6 Å². The lowest BCUT2D eigenvalue weighted by Gasteiger charge is -2.30. The Balaban J connectivity index is 2.35. The van der Waals surface area contributed by atoms with E-state index in [1.807, 2.05) is 12.2 Å². The summed E-state index contributed by atoms with van der Waals surface area (Å²) in [5.41, 5.74) is 1.42. The van der Waals surface area contributed by atoms with Crippen LogP contribution in [0, 0.1) is 0 Å². The van der Waals surface area contributed by atoms with Crippen LogP contribution < -0.4 is 0 Å². The van der Waals surface area contributed by atoms with Crippen molar-refractivity contribution in [2.75, 3.05) is 13.1 Å². The molecule has 0 saturated heterocycles. The molecule has 1 nitrogen and oxygen atoms in total. The third kappa shape index (κ3) is 9.97. The van der Waals surface area contributed by atoms with Crippen molar-refractivity contribution < 1.29 is 0 Å². The Bertz CT molecular complexity index is 440. The Hall–Kier alpha value is -1.34. The predicted octanol–water partition coefficient (Wildman–Crippen LogP) is 7.71. The molecule has 146 valence electrons. The molecule has 1 rings (SSSR count). The van der Waals surface area contributed by atoms with Crippen LogP contribution >= 0.6 is 0 Å². The van der Waals surface area contributed by atoms with Crippen molar-refractivity contribution in [3.05, 3.63) is 61.2 Å². The van der Waals surface area contributed by atoms with E-state index in [1.54, 1.807) is 0 Å². The largest absolute Gasteiger partial charge is 0.289 e. The van der Waals surface area contributed by atoms with E-state index in [0.717, 1.165) is 13.1 Å². The summed E-state index contributed by atoms with van der Waals surface area (Å²) >= 11 is 0. The van der Waals surface area contributed by atoms with Gasteiger partial charge in [0.05, 0.1) is 0 Å². The number of rotatable bonds is 17. The van der Waals surface area contributed by atoms with Gasteiger partial charge >= 0.3 is 0 Å². The summed E-state index contributed by atoms with van der Waals surface area (Å²) in [5, 5.41) is 0. The van der Waals surface area contributed by atoms with Crippen LogP contribution in [-0.4, -0.2) is 18.0 Å². The van der Waals surface area contributed by atoms with Crippen molar-refractivity contribution >= 4 is 0 Å². The van der Waals surface area contributed by atoms with E-state index in [-0.39, 0.29) is 0 Å². The molecule has 1 aromatic carbocycles. The molecule has 0 aromatic heterocycles. The summed E-state index contributed by atoms with van der Waals surface area (Å²) in [7, 11) is 0. The molecular weight excluding hydrogens is 314 g/mol. The quantitative estimate of drug-likeness (QED) is 0.204. The van der Waals surface area contributed by atoms with Gasteiger partial charge in [-0.2, -0.15) is 0 Å². The molecule has 0 aliphatic heterocycles. The molecular formula is C25H41N. The highest BCUT2D eigenvalue weighted by molar-refractivity contribution is 5.19. The summed E-state index contributed by atoms with van der Waals surface area (Å²) in [6, 6.07) is 11.4. The van der Waals surface area contributed by atoms with E-state index in [2.05, 4.69) is 55.3 Å². The van der Waals surface area contributed by atoms with Crippen molar-refractivity contribution in [3.63, 3.8) is 0 Å². The minimum Gasteiger partial charge on any atom is -0.289 e. The van der Waals surface area contributed by atoms with Crippen LogP contribution in [0.25, 0.3) is 0 Å². The zero-order valence-electron chi connectivity index (χ0n) is 17.2. The maximum absolute atomic E-state index is 3.94. The number of hydrogen-bond acceptors (Lipinski definition) is 1. The van der Waals surface area contributed by atoms with Crippen LogP contribution in [0.2, 0.25) is 0 Å². The highest BCUT2D eigenvalue weighted by Crippen LogP contribution is 2.27. The Morgan fingerprint density at radius 2 is 1.27 bits per heavy atom. The number of unbranched alkanes of at least 4 members (excludes halogenated alkanes) is 9. The average Bonchev–Trinajstić information content (AvgIpc) is 2.67. The minimum atomic E-state index is 0.473. The molecule has 0 aliphatic carbocycles. The molecule has 26 heavy (non-hydrogen) atoms. The van der Waals surface area contributed by atoms with E-state index < -0.39 is 0 Å². The van der Waals surface area contributed by atoms with Crippen LogP contribution in [0.5, 0.6) is 0 Å². The molecule has 1 atom stereocenters. The third-order valence-corrected chi connectivity index (χ3v) is 5.18. The van der Waals surface area contributed by atoms with Gasteiger partial charge in [0.15, 0.2) is 0 Å². The van der Waals surface area contributed by atoms with Gasteiger partial charge in [-0.3, -0.25) is 4.90 Å². The predicted molar refractivity (Wildman–Crippen MR) is 118 cm³/mol. The van der Waals surface area contributed by atoms with E-state index in [4.69, 9.17) is 0 Å². The summed E-state index contributed by atoms with van der Waals surface area (Å²) in [6.45, 7) is 12.0. The lowest BCUT2D eigenvalue weighted by atomic mass is 9.97. The average molecular weight is 356 g/mol. The second-order valence-electron chi connectivity index (χ2n) is 7.43. The molecule has 1 aromatic rings. The third-order valence-electron chi connectivity index (χ3n) is 5.18. The van der Waals surface area contributed by atoms with E-state index in [1.165, 1.54) is 76.2 Å². The van der Waals surface area contributed by atoms with E-state index >= 15 is 0 Å². The minimum absolute atomic E-state index is 0.473. The maximum Gasteiger partial charge on any atom is 0.0354 e. The first-order valence-electron chi connectivity index (χ1n) is 10.8. The fraction of sp³-hybridized carbons (Fsp3) is 0.600. The maximum atomic E-state index is 3.94. The van der Waals surface area contributed by atoms with Crippen molar-refractivity contribution in [2.45, 2.75) is 83.6 Å². The van der Waals surface area contributed by atoms with Crippen molar-refractivity contribution in [3.8, 4) is 0 Å². The van der Waals surface area contributed by atoms with Gasteiger partial charge in [-0.1, -0.05) is 114 Å². The lowest BCUT2D eigenvalue weighted by Crippen LogP contribution is -2.29. The van der Waals surface area contributed by atoms with Crippen LogP contribution in [0.1, 0.15) is 89.2 Å². The standard InChI is InChI=1S/C25H41N/c1-4-7-8-9-10-11-12-13-14-18-21-25(24-19-16-15-17-20-24)26(22-5-2)23-6-3/h5-6,15-17,19-20,25H,2-4,7-14,18,21-23H2,1H3. The molecule has 0 spiro atoms. The fourth-order valence-corrected chi connectivity index (χ4v) is 3.72. The monoisotopic (exact) mass is 355 g/mol. The summed E-state index contributed by atoms with van der Waals surface area (Å²) in [6.07, 6.45) is 19.2. The highest BCUT2D eigenvalue weighted by Gasteiger charge is 2.17. The van der Waals surface area contributed by atoms with Crippen LogP contribution in [0.4, 0.5) is 0 Å². The Labute approximate surface area is 163 Å². The second-order valence-corrected chi connectivity index (χ2v) is 7.43. The van der Waals surface area contributed by atoms with Gasteiger partial charge in [-0.05, 0) is 12.0 Å². The molecule has 0 fully saturated rings. The van der Waals surface area contributed by atoms with Gasteiger partial charge in [0.2, 0.25) is 0 Å². The Morgan fingerprint density at radius 1 is 0.769 bits per heavy atom. The molecule has 0 bridgehead atoms. The number of benzene rings is 1. The second kappa shape index (κ2) is 15.9. The topological polar surface area (TPSA) is 3.24 Å². The SMILES string of the molecule is C=CCN(CC=C)C(CCCCCCCCCCCC)c1ccccc1. The summed E-state index contributed by atoms with van der Waals surface area (Å²) in [5.74, 6) is 0. The molecule has 0 aliphatic rings. The zero-order chi connectivity index (χ0) is 18.9. The van der Waals surface area contributed by atoms with Crippen molar-refractivity contribution in [1.82, 2.24) is 4.90 Å². The number of nitrogens with zero attached hydrogens (tertiary/aromatic N) is 1. The normalized spacial score (nSPS) is 12.2. The van der Waals surface area contributed by atoms with Gasteiger partial charge in [0, 0.05) is 19.1 Å². The van der Waals surface area contributed by atoms with E-state index in [9.17, 15) is 0 Å². The Kier molecular flexibility index (Phi) is 13.9. The first kappa shape index (κ1) is 22.7. The highest BCUT2D eigenvalue weighted by atomic mass is 15.1. The molecule has 0 radical (unpaired) electrons. The van der Waals surface area contributed by atoms with Gasteiger partial charge in [0.1, 0.15) is 0 Å². The van der Waals surface area contributed by atoms with E-state index in [0.29, 0.717) is 6.04 Å². The Morgan fingerprint density at radius 3 is 1.77 bits per heavy atom. The molecule has 0 saturated carbocycles. The summed E-state index contributed by atoms with van der Waals surface area (Å²) < 4.78 is 0. The molecule has 1 unspecified atom stereocenters. The summed E-state index contributed by atoms with van der Waals surface area (Å²) in [4.78, 5) is 2.49. The van der Waals surface area contributed by atoms with Gasteiger partial charge in [0.25, 0.3) is 0 Å². The van der Waals surface area contributed by atoms with Gasteiger partial charge in [-0.15, -0.1) is 13.2 Å². The molecule has 0 N–H and O–H groups in total. The smallest absolute Gasteiger partial charge is 0.0354 e. The molecule has 0 heterocycles. The first-order chi connectivity index (χ1) is 12.8. The molecule has 1 heteroatoms. The zero-order valence-corrected chi connectivity index (χ0v) is 17.2. The lowest BCUT2D eigenvalue weighted by molar-refractivity contribution is 0.226.